The smallest absolute Gasteiger partial charge is 0.341 e. The van der Waals surface area contributed by atoms with E-state index in [4.69, 9.17) is 23.2 Å². The van der Waals surface area contributed by atoms with Gasteiger partial charge in [-0.3, -0.25) is 9.10 Å². The Morgan fingerprint density at radius 2 is 1.52 bits per heavy atom. The van der Waals surface area contributed by atoms with Gasteiger partial charge >= 0.3 is 12.4 Å². The number of amides is 1. The molecule has 0 saturated carbocycles. The van der Waals surface area contributed by atoms with E-state index in [1.54, 1.807) is 18.2 Å². The maximum absolute atomic E-state index is 13.5. The highest BCUT2D eigenvalue weighted by molar-refractivity contribution is 7.92. The van der Waals surface area contributed by atoms with Crippen molar-refractivity contribution in [1.82, 2.24) is 9.80 Å². The molecule has 0 aliphatic carbocycles. The van der Waals surface area contributed by atoms with E-state index in [-0.39, 0.29) is 23.0 Å². The van der Waals surface area contributed by atoms with Gasteiger partial charge in [0.25, 0.3) is 5.91 Å². The predicted molar refractivity (Wildman–Crippen MR) is 173 cm³/mol. The number of hydrogen-bond donors (Lipinski definition) is 0. The summed E-state index contributed by atoms with van der Waals surface area (Å²) in [5.41, 5.74) is -1.78. The van der Waals surface area contributed by atoms with Crippen molar-refractivity contribution < 1.29 is 39.6 Å². The molecule has 2 aliphatic heterocycles. The minimum absolute atomic E-state index is 0.0130. The lowest BCUT2D eigenvalue weighted by molar-refractivity contribution is -0.143. The van der Waals surface area contributed by atoms with E-state index in [0.29, 0.717) is 73.8 Å². The maximum atomic E-state index is 13.5. The van der Waals surface area contributed by atoms with Crippen LogP contribution in [-0.4, -0.2) is 70.2 Å². The number of hydrogen-bond acceptors (Lipinski definition) is 4. The van der Waals surface area contributed by atoms with Gasteiger partial charge in [-0.25, -0.2) is 8.42 Å². The Bertz CT molecular complexity index is 1760. The summed E-state index contributed by atoms with van der Waals surface area (Å²) in [5.74, 6) is -1.39. The highest BCUT2D eigenvalue weighted by Gasteiger charge is 2.47. The van der Waals surface area contributed by atoms with E-state index in [0.717, 1.165) is 10.5 Å². The van der Waals surface area contributed by atoms with Crippen molar-refractivity contribution in [3.63, 3.8) is 0 Å². The maximum Gasteiger partial charge on any atom is 0.416 e. The Labute approximate surface area is 285 Å². The first-order valence-electron chi connectivity index (χ1n) is 15.1. The highest BCUT2D eigenvalue weighted by atomic mass is 35.5. The van der Waals surface area contributed by atoms with Gasteiger partial charge in [-0.05, 0) is 86.4 Å². The lowest BCUT2D eigenvalue weighted by atomic mass is 9.74. The fourth-order valence-corrected chi connectivity index (χ4v) is 8.00. The van der Waals surface area contributed by atoms with Crippen LogP contribution in [0.3, 0.4) is 0 Å². The lowest BCUT2D eigenvalue weighted by Gasteiger charge is -2.40. The molecule has 5 rings (SSSR count). The third-order valence-corrected chi connectivity index (χ3v) is 11.2. The zero-order chi connectivity index (χ0) is 35.2. The Morgan fingerprint density at radius 1 is 0.917 bits per heavy atom. The summed E-state index contributed by atoms with van der Waals surface area (Å²) in [7, 11) is -2.14. The van der Waals surface area contributed by atoms with Crippen molar-refractivity contribution >= 4 is 44.8 Å². The molecule has 1 fully saturated rings. The second-order valence-corrected chi connectivity index (χ2v) is 15.3. The minimum Gasteiger partial charge on any atom is -0.341 e. The molecule has 1 unspecified atom stereocenters. The number of piperidine rings is 1. The van der Waals surface area contributed by atoms with E-state index >= 15 is 0 Å². The van der Waals surface area contributed by atoms with Crippen LogP contribution in [0.25, 0.3) is 0 Å². The largest absolute Gasteiger partial charge is 0.416 e. The zero-order valence-electron chi connectivity index (χ0n) is 26.0. The highest BCUT2D eigenvalue weighted by Crippen LogP contribution is 2.48. The average molecular weight is 737 g/mol. The summed E-state index contributed by atoms with van der Waals surface area (Å²) in [6, 6.07) is 13.3. The predicted octanol–water partition coefficient (Wildman–Crippen LogP) is 8.09. The average Bonchev–Trinajstić information content (AvgIpc) is 3.34. The number of carbonyl (C=O) groups is 1. The van der Waals surface area contributed by atoms with Crippen LogP contribution in [0.4, 0.5) is 32.0 Å². The van der Waals surface area contributed by atoms with Gasteiger partial charge in [0.15, 0.2) is 0 Å². The van der Waals surface area contributed by atoms with Crippen molar-refractivity contribution in [2.75, 3.05) is 50.3 Å². The van der Waals surface area contributed by atoms with Gasteiger partial charge in [-0.2, -0.15) is 26.3 Å². The Kier molecular flexibility index (Phi) is 10.1. The number of anilines is 1. The molecule has 260 valence electrons. The summed E-state index contributed by atoms with van der Waals surface area (Å²) in [6.07, 6.45) is -7.08. The fourth-order valence-electron chi connectivity index (χ4n) is 6.69. The minimum atomic E-state index is -5.09. The second kappa shape index (κ2) is 13.4. The molecule has 1 amide bonds. The summed E-state index contributed by atoms with van der Waals surface area (Å²) < 4.78 is 107. The van der Waals surface area contributed by atoms with E-state index in [9.17, 15) is 39.6 Å². The molecule has 0 bridgehead atoms. The monoisotopic (exact) mass is 735 g/mol. The van der Waals surface area contributed by atoms with Gasteiger partial charge in [-0.1, -0.05) is 47.5 Å². The Morgan fingerprint density at radius 3 is 2.08 bits per heavy atom. The van der Waals surface area contributed by atoms with Crippen LogP contribution >= 0.6 is 23.2 Å². The van der Waals surface area contributed by atoms with E-state index in [2.05, 4.69) is 4.90 Å². The van der Waals surface area contributed by atoms with Crippen LogP contribution in [-0.2, 0) is 27.8 Å². The first-order valence-corrected chi connectivity index (χ1v) is 17.7. The number of fused-ring (bicyclic) bond motifs is 2. The van der Waals surface area contributed by atoms with Crippen molar-refractivity contribution in [3.8, 4) is 0 Å². The molecule has 48 heavy (non-hydrogen) atoms. The molecule has 3 aromatic carbocycles. The molecule has 1 saturated heterocycles. The molecule has 6 nitrogen and oxygen atoms in total. The molecular formula is C33H33Cl2F6N3O3S. The van der Waals surface area contributed by atoms with Gasteiger partial charge in [0, 0.05) is 37.0 Å². The molecule has 0 N–H and O–H groups in total. The molecule has 0 radical (unpaired) electrons. The molecule has 3 aromatic rings. The number of rotatable bonds is 8. The molecule has 2 heterocycles. The summed E-state index contributed by atoms with van der Waals surface area (Å²) >= 11 is 12.4. The quantitative estimate of drug-likeness (QED) is 0.220. The van der Waals surface area contributed by atoms with Crippen molar-refractivity contribution in [3.05, 3.63) is 98.5 Å². The van der Waals surface area contributed by atoms with Gasteiger partial charge in [0.05, 0.1) is 33.1 Å². The van der Waals surface area contributed by atoms with Crippen molar-refractivity contribution in [2.24, 2.45) is 0 Å². The third-order valence-electron chi connectivity index (χ3n) is 9.29. The van der Waals surface area contributed by atoms with Crippen molar-refractivity contribution in [1.29, 1.82) is 0 Å². The van der Waals surface area contributed by atoms with E-state index in [1.165, 1.54) is 17.6 Å². The number of para-hydroxylation sites is 1. The first kappa shape index (κ1) is 36.3. The number of halogens is 8. The van der Waals surface area contributed by atoms with Crippen LogP contribution < -0.4 is 4.31 Å². The number of likely N-dealkylation sites (tertiary alicyclic amines) is 1. The third kappa shape index (κ3) is 7.74. The number of benzene rings is 3. The number of likely N-dealkylation sites (N-methyl/N-ethyl adjacent to an activating group) is 1. The van der Waals surface area contributed by atoms with Crippen LogP contribution in [0.1, 0.15) is 57.8 Å². The van der Waals surface area contributed by atoms with Crippen LogP contribution in [0, 0.1) is 0 Å². The normalized spacial score (nSPS) is 17.4. The van der Waals surface area contributed by atoms with Crippen LogP contribution in [0.5, 0.6) is 0 Å². The van der Waals surface area contributed by atoms with Gasteiger partial charge < -0.3 is 9.80 Å². The number of alkyl halides is 6. The van der Waals surface area contributed by atoms with Crippen molar-refractivity contribution in [2.45, 2.75) is 42.9 Å². The van der Waals surface area contributed by atoms with Gasteiger partial charge in [0.2, 0.25) is 10.0 Å². The molecule has 1 atom stereocenters. The Hall–Kier alpha value is -3.00. The molecule has 15 heteroatoms. The summed E-state index contributed by atoms with van der Waals surface area (Å²) in [6.45, 7) is 2.23. The fraction of sp³-hybridized carbons (Fsp3) is 0.424. The van der Waals surface area contributed by atoms with Gasteiger partial charge in [-0.15, -0.1) is 0 Å². The van der Waals surface area contributed by atoms with E-state index in [1.807, 2.05) is 24.3 Å². The number of sulfonamides is 1. The number of nitrogens with zero attached hydrogens (tertiary/aromatic N) is 3. The number of carbonyl (C=O) groups excluding carboxylic acids is 1. The van der Waals surface area contributed by atoms with Gasteiger partial charge in [0.1, 0.15) is 0 Å². The molecule has 1 spiro atoms. The first-order chi connectivity index (χ1) is 22.3. The second-order valence-electron chi connectivity index (χ2n) is 12.5. The Balaban J connectivity index is 1.33. The molecular weight excluding hydrogens is 703 g/mol. The topological polar surface area (TPSA) is 60.9 Å². The summed E-state index contributed by atoms with van der Waals surface area (Å²) in [4.78, 5) is 16.7. The SMILES string of the molecule is CN(CC(CCN1CCC2(CC1)CN(S(C)(=O)=O)c1ccccc12)c1ccc(Cl)c(Cl)c1)C(=O)c1cc(C(F)(F)F)cc(C(F)(F)F)c1. The van der Waals surface area contributed by atoms with E-state index < -0.39 is 50.9 Å². The van der Waals surface area contributed by atoms with Crippen LogP contribution in [0.2, 0.25) is 10.0 Å². The molecule has 0 aromatic heterocycles. The van der Waals surface area contributed by atoms with Crippen LogP contribution in [0.15, 0.2) is 60.7 Å². The summed E-state index contributed by atoms with van der Waals surface area (Å²) in [5, 5.41) is 0.560. The lowest BCUT2D eigenvalue weighted by Crippen LogP contribution is -2.46. The molecule has 2 aliphatic rings. The zero-order valence-corrected chi connectivity index (χ0v) is 28.3. The standard InChI is InChI=1S/C33H33Cl2F6N3O3S/c1-42(30(45)23-15-24(32(36,37)38)18-25(16-23)33(39,40)41)19-22(21-7-8-27(34)28(35)17-21)9-12-43-13-10-31(11-14-43)20-44(48(2,46)47)29-6-4-3-5-26(29)31/h3-8,15-18,22H,9-14,19-20H2,1-2H3.